The summed E-state index contributed by atoms with van der Waals surface area (Å²) >= 11 is 0. The van der Waals surface area contributed by atoms with E-state index in [-0.39, 0.29) is 18.9 Å². The second-order valence-corrected chi connectivity index (χ2v) is 11.6. The number of rotatable bonds is 9. The van der Waals surface area contributed by atoms with E-state index in [0.29, 0.717) is 42.8 Å². The van der Waals surface area contributed by atoms with Gasteiger partial charge < -0.3 is 29.2 Å². The third-order valence-electron chi connectivity index (χ3n) is 8.32. The zero-order chi connectivity index (χ0) is 29.7. The molecule has 1 amide bonds. The number of amides is 1. The molecule has 2 aliphatic rings. The SMILES string of the molecule is COc1cc(C(=O)N2C[C@H](N)C[C@@H](F)C2)cn2nc(-c3cc4ccnc(OCCn5cnnc5)c4n3CC3CC3)c(C)c12. The summed E-state index contributed by atoms with van der Waals surface area (Å²) in [6.45, 7) is 4.17. The number of likely N-dealkylation sites (tertiary alicyclic amines) is 1. The fourth-order valence-corrected chi connectivity index (χ4v) is 6.04. The molecule has 43 heavy (non-hydrogen) atoms. The number of ether oxygens (including phenoxy) is 2. The quantitative estimate of drug-likeness (QED) is 0.278. The maximum atomic E-state index is 14.2. The van der Waals surface area contributed by atoms with Crippen molar-refractivity contribution in [2.24, 2.45) is 11.7 Å². The number of hydrogen-bond donors (Lipinski definition) is 1. The topological polar surface area (TPSA) is 131 Å². The van der Waals surface area contributed by atoms with Crippen molar-refractivity contribution in [1.82, 2.24) is 38.8 Å². The van der Waals surface area contributed by atoms with Crippen LogP contribution in [-0.2, 0) is 13.1 Å². The second-order valence-electron chi connectivity index (χ2n) is 11.6. The normalized spacial score (nSPS) is 18.9. The van der Waals surface area contributed by atoms with Crippen LogP contribution in [0.1, 0.15) is 35.2 Å². The summed E-state index contributed by atoms with van der Waals surface area (Å²) in [5.41, 5.74) is 10.7. The van der Waals surface area contributed by atoms with Crippen molar-refractivity contribution in [2.75, 3.05) is 26.8 Å². The average molecular weight is 588 g/mol. The Hall–Kier alpha value is -4.52. The van der Waals surface area contributed by atoms with E-state index >= 15 is 0 Å². The van der Waals surface area contributed by atoms with Gasteiger partial charge in [0.05, 0.1) is 31.5 Å². The van der Waals surface area contributed by atoms with Gasteiger partial charge in [-0.05, 0) is 50.3 Å². The van der Waals surface area contributed by atoms with Crippen LogP contribution in [0.2, 0.25) is 0 Å². The number of nitrogens with zero attached hydrogens (tertiary/aromatic N) is 8. The maximum Gasteiger partial charge on any atom is 0.255 e. The van der Waals surface area contributed by atoms with Crippen LogP contribution in [0.3, 0.4) is 0 Å². The largest absolute Gasteiger partial charge is 0.494 e. The number of hydrogen-bond acceptors (Lipinski definition) is 8. The van der Waals surface area contributed by atoms with Gasteiger partial charge in [-0.2, -0.15) is 5.10 Å². The van der Waals surface area contributed by atoms with Crippen molar-refractivity contribution in [3.05, 3.63) is 54.4 Å². The molecular formula is C30H34FN9O3. The molecule has 2 atom stereocenters. The zero-order valence-electron chi connectivity index (χ0n) is 24.2. The molecule has 0 radical (unpaired) electrons. The van der Waals surface area contributed by atoms with Gasteiger partial charge in [0.15, 0.2) is 0 Å². The second kappa shape index (κ2) is 11.0. The lowest BCUT2D eigenvalue weighted by molar-refractivity contribution is 0.0606. The van der Waals surface area contributed by atoms with Gasteiger partial charge in [0.2, 0.25) is 5.88 Å². The highest BCUT2D eigenvalue weighted by Gasteiger charge is 2.31. The van der Waals surface area contributed by atoms with E-state index in [1.54, 1.807) is 42.7 Å². The Morgan fingerprint density at radius 1 is 1.16 bits per heavy atom. The number of piperidine rings is 1. The number of alkyl halides is 1. The van der Waals surface area contributed by atoms with Crippen molar-refractivity contribution in [3.63, 3.8) is 0 Å². The first-order valence-corrected chi connectivity index (χ1v) is 14.6. The molecule has 0 spiro atoms. The van der Waals surface area contributed by atoms with Crippen LogP contribution in [0.15, 0.2) is 43.2 Å². The van der Waals surface area contributed by atoms with Gasteiger partial charge in [-0.3, -0.25) is 4.79 Å². The first-order chi connectivity index (χ1) is 20.9. The molecule has 0 bridgehead atoms. The van der Waals surface area contributed by atoms with Crippen molar-refractivity contribution in [3.8, 4) is 23.0 Å². The van der Waals surface area contributed by atoms with Crippen LogP contribution in [0.25, 0.3) is 27.8 Å². The van der Waals surface area contributed by atoms with Gasteiger partial charge in [-0.25, -0.2) is 13.9 Å². The Morgan fingerprint density at radius 3 is 2.72 bits per heavy atom. The number of fused-ring (bicyclic) bond motifs is 2. The fourth-order valence-electron chi connectivity index (χ4n) is 6.04. The lowest BCUT2D eigenvalue weighted by Crippen LogP contribution is -2.50. The molecule has 5 aromatic heterocycles. The summed E-state index contributed by atoms with van der Waals surface area (Å²) in [7, 11) is 1.57. The number of aromatic nitrogens is 7. The van der Waals surface area contributed by atoms with Crippen LogP contribution in [0, 0.1) is 12.8 Å². The Labute approximate surface area is 247 Å². The van der Waals surface area contributed by atoms with Crippen molar-refractivity contribution in [1.29, 1.82) is 0 Å². The maximum absolute atomic E-state index is 14.2. The first-order valence-electron chi connectivity index (χ1n) is 14.6. The molecule has 6 heterocycles. The summed E-state index contributed by atoms with van der Waals surface area (Å²) in [4.78, 5) is 19.5. The van der Waals surface area contributed by atoms with E-state index in [1.807, 2.05) is 17.6 Å². The van der Waals surface area contributed by atoms with Crippen LogP contribution in [0.5, 0.6) is 11.6 Å². The number of nitrogens with two attached hydrogens (primary N) is 1. The molecule has 1 saturated heterocycles. The molecule has 13 heteroatoms. The first kappa shape index (κ1) is 27.3. The van der Waals surface area contributed by atoms with Crippen molar-refractivity contribution in [2.45, 2.75) is 51.5 Å². The monoisotopic (exact) mass is 587 g/mol. The zero-order valence-corrected chi connectivity index (χ0v) is 24.2. The number of aryl methyl sites for hydroxylation is 1. The van der Waals surface area contributed by atoms with E-state index in [9.17, 15) is 9.18 Å². The number of methoxy groups -OCH3 is 1. The lowest BCUT2D eigenvalue weighted by Gasteiger charge is -2.33. The summed E-state index contributed by atoms with van der Waals surface area (Å²) in [5.74, 6) is 1.36. The Balaban J connectivity index is 1.29. The molecule has 2 fully saturated rings. The molecule has 1 aliphatic carbocycles. The highest BCUT2D eigenvalue weighted by atomic mass is 19.1. The minimum atomic E-state index is -1.14. The Kier molecular flexibility index (Phi) is 6.96. The van der Waals surface area contributed by atoms with Crippen LogP contribution >= 0.6 is 0 Å². The third-order valence-corrected chi connectivity index (χ3v) is 8.32. The van der Waals surface area contributed by atoms with E-state index in [1.165, 1.54) is 17.7 Å². The highest BCUT2D eigenvalue weighted by molar-refractivity contribution is 5.96. The number of halogens is 1. The molecule has 5 aromatic rings. The molecule has 1 saturated carbocycles. The molecule has 2 N–H and O–H groups in total. The smallest absolute Gasteiger partial charge is 0.255 e. The van der Waals surface area contributed by atoms with E-state index in [0.717, 1.165) is 39.9 Å². The summed E-state index contributed by atoms with van der Waals surface area (Å²) in [6.07, 6.45) is 8.23. The highest BCUT2D eigenvalue weighted by Crippen LogP contribution is 2.40. The Morgan fingerprint density at radius 2 is 1.98 bits per heavy atom. The lowest BCUT2D eigenvalue weighted by atomic mass is 10.0. The molecule has 224 valence electrons. The third kappa shape index (κ3) is 5.18. The molecule has 0 aromatic carbocycles. The van der Waals surface area contributed by atoms with E-state index in [4.69, 9.17) is 20.3 Å². The van der Waals surface area contributed by atoms with Crippen LogP contribution in [0.4, 0.5) is 4.39 Å². The predicted octanol–water partition coefficient (Wildman–Crippen LogP) is 3.26. The van der Waals surface area contributed by atoms with Gasteiger partial charge in [-0.15, -0.1) is 10.2 Å². The van der Waals surface area contributed by atoms with Gasteiger partial charge >= 0.3 is 0 Å². The summed E-state index contributed by atoms with van der Waals surface area (Å²) in [5, 5.41) is 13.7. The summed E-state index contributed by atoms with van der Waals surface area (Å²) < 4.78 is 32.0. The van der Waals surface area contributed by atoms with E-state index < -0.39 is 12.2 Å². The van der Waals surface area contributed by atoms with Crippen molar-refractivity contribution < 1.29 is 18.7 Å². The molecule has 0 unspecified atom stereocenters. The van der Waals surface area contributed by atoms with Gasteiger partial charge in [0.1, 0.15) is 47.9 Å². The van der Waals surface area contributed by atoms with Gasteiger partial charge in [0.25, 0.3) is 5.91 Å². The van der Waals surface area contributed by atoms with Gasteiger partial charge in [0, 0.05) is 42.5 Å². The van der Waals surface area contributed by atoms with Crippen LogP contribution in [-0.4, -0.2) is 83.8 Å². The minimum Gasteiger partial charge on any atom is -0.494 e. The predicted molar refractivity (Wildman–Crippen MR) is 157 cm³/mol. The van der Waals surface area contributed by atoms with Crippen LogP contribution < -0.4 is 15.2 Å². The number of carbonyl (C=O) groups excluding carboxylic acids is 1. The molecule has 12 nitrogen and oxygen atoms in total. The number of carbonyl (C=O) groups is 1. The van der Waals surface area contributed by atoms with Gasteiger partial charge in [-0.1, -0.05) is 0 Å². The Bertz CT molecular complexity index is 1780. The molecule has 1 aliphatic heterocycles. The summed E-state index contributed by atoms with van der Waals surface area (Å²) in [6, 6.07) is 5.42. The minimum absolute atomic E-state index is 0.0230. The molecular weight excluding hydrogens is 553 g/mol. The molecule has 7 rings (SSSR count). The standard InChI is InChI=1S/C30H34FN9O3/c1-18-26(36-40-13-21(10-25(42-2)27(18)40)30(41)38-14-22(31)11-23(32)15-38)24-9-20-5-6-33-29(28(20)39(24)12-19-3-4-19)43-8-7-37-16-34-35-17-37/h5-6,9-10,13,16-17,19,22-23H,3-4,7-8,11-12,14-15,32H2,1-2H3/t22-,23-/m1/s1. The fraction of sp³-hybridized carbons (Fsp3) is 0.433. The number of pyridine rings is 2. The van der Waals surface area contributed by atoms with E-state index in [2.05, 4.69) is 25.8 Å². The average Bonchev–Trinajstić information content (AvgIpc) is 3.36. The van der Waals surface area contributed by atoms with Crippen molar-refractivity contribution >= 4 is 22.3 Å².